The number of hydrogen-bond acceptors (Lipinski definition) is 3. The maximum absolute atomic E-state index is 11.3. The van der Waals surface area contributed by atoms with Crippen LogP contribution in [0.3, 0.4) is 0 Å². The number of ether oxygens (including phenoxy) is 2. The monoisotopic (exact) mass is 227 g/mol. The first kappa shape index (κ1) is 13.2. The number of carbonyl (C=O) groups is 1. The van der Waals surface area contributed by atoms with Crippen LogP contribution in [0.4, 0.5) is 0 Å². The molecule has 1 heterocycles. The summed E-state index contributed by atoms with van der Waals surface area (Å²) < 4.78 is 11.3. The second-order valence-electron chi connectivity index (χ2n) is 4.27. The molecular weight excluding hydrogens is 206 g/mol. The minimum absolute atomic E-state index is 0.154. The largest absolute Gasteiger partial charge is 0.348 e. The van der Waals surface area contributed by atoms with E-state index in [0.29, 0.717) is 12.1 Å². The van der Waals surface area contributed by atoms with Crippen LogP contribution in [0.15, 0.2) is 12.2 Å². The summed E-state index contributed by atoms with van der Waals surface area (Å²) in [5.74, 6) is -0.154. The molecule has 0 spiro atoms. The fraction of sp³-hybridized carbons (Fsp3) is 0.750. The molecule has 1 fully saturated rings. The predicted molar refractivity (Wildman–Crippen MR) is 61.9 cm³/mol. The summed E-state index contributed by atoms with van der Waals surface area (Å²) in [6, 6.07) is 0. The van der Waals surface area contributed by atoms with Gasteiger partial charge in [0.2, 0.25) is 5.91 Å². The molecule has 0 aromatic heterocycles. The van der Waals surface area contributed by atoms with Gasteiger partial charge in [-0.3, -0.25) is 4.79 Å². The molecule has 1 rings (SSSR count). The summed E-state index contributed by atoms with van der Waals surface area (Å²) in [6.07, 6.45) is 1.97. The average Bonchev–Trinajstić information content (AvgIpc) is 2.24. The second-order valence-corrected chi connectivity index (χ2v) is 4.27. The number of rotatable bonds is 4. The van der Waals surface area contributed by atoms with Crippen molar-refractivity contribution in [3.05, 3.63) is 12.2 Å². The van der Waals surface area contributed by atoms with Gasteiger partial charge in [0.05, 0.1) is 18.8 Å². The van der Waals surface area contributed by atoms with Crippen molar-refractivity contribution >= 4 is 5.91 Å². The standard InChI is InChI=1S/C12H21NO3/c1-5-10-6-9(4)15-11(16-10)7-13-12(14)8(2)3/h9-11H,2,5-7H2,1,3-4H3,(H,13,14). The minimum Gasteiger partial charge on any atom is -0.348 e. The van der Waals surface area contributed by atoms with E-state index >= 15 is 0 Å². The number of amides is 1. The van der Waals surface area contributed by atoms with Crippen molar-refractivity contribution < 1.29 is 14.3 Å². The summed E-state index contributed by atoms with van der Waals surface area (Å²) in [5.41, 5.74) is 0.496. The van der Waals surface area contributed by atoms with E-state index in [1.807, 2.05) is 6.92 Å². The molecule has 1 saturated heterocycles. The van der Waals surface area contributed by atoms with E-state index in [-0.39, 0.29) is 24.4 Å². The topological polar surface area (TPSA) is 47.6 Å². The molecule has 3 atom stereocenters. The summed E-state index contributed by atoms with van der Waals surface area (Å²) in [7, 11) is 0. The van der Waals surface area contributed by atoms with Gasteiger partial charge < -0.3 is 14.8 Å². The Hall–Kier alpha value is -0.870. The summed E-state index contributed by atoms with van der Waals surface area (Å²) >= 11 is 0. The Bertz CT molecular complexity index is 265. The van der Waals surface area contributed by atoms with Crippen LogP contribution >= 0.6 is 0 Å². The first-order valence-corrected chi connectivity index (χ1v) is 5.77. The van der Waals surface area contributed by atoms with Gasteiger partial charge in [-0.15, -0.1) is 0 Å². The van der Waals surface area contributed by atoms with Crippen molar-refractivity contribution in [1.82, 2.24) is 5.32 Å². The van der Waals surface area contributed by atoms with Crippen LogP contribution in [0.25, 0.3) is 0 Å². The third kappa shape index (κ3) is 3.94. The Labute approximate surface area is 97.0 Å². The molecule has 0 aromatic rings. The minimum atomic E-state index is -0.336. The highest BCUT2D eigenvalue weighted by atomic mass is 16.7. The molecular formula is C12H21NO3. The Kier molecular flexibility index (Phi) is 4.96. The zero-order chi connectivity index (χ0) is 12.1. The van der Waals surface area contributed by atoms with Crippen molar-refractivity contribution in [2.75, 3.05) is 6.54 Å². The van der Waals surface area contributed by atoms with Crippen molar-refractivity contribution in [1.29, 1.82) is 0 Å². The Morgan fingerprint density at radius 3 is 2.75 bits per heavy atom. The third-order valence-electron chi connectivity index (χ3n) is 2.60. The normalized spacial score (nSPS) is 29.8. The molecule has 0 radical (unpaired) electrons. The van der Waals surface area contributed by atoms with Crippen LogP contribution in [0.1, 0.15) is 33.6 Å². The van der Waals surface area contributed by atoms with Gasteiger partial charge in [-0.05, 0) is 26.7 Å². The molecule has 1 aliphatic heterocycles. The van der Waals surface area contributed by atoms with Crippen LogP contribution in [0.2, 0.25) is 0 Å². The number of hydrogen-bond donors (Lipinski definition) is 1. The van der Waals surface area contributed by atoms with Crippen LogP contribution in [-0.4, -0.2) is 30.9 Å². The molecule has 4 nitrogen and oxygen atoms in total. The van der Waals surface area contributed by atoms with Crippen molar-refractivity contribution in [2.45, 2.75) is 52.1 Å². The van der Waals surface area contributed by atoms with Crippen LogP contribution < -0.4 is 5.32 Å². The lowest BCUT2D eigenvalue weighted by molar-refractivity contribution is -0.235. The van der Waals surface area contributed by atoms with Gasteiger partial charge in [0.15, 0.2) is 6.29 Å². The number of carbonyl (C=O) groups excluding carboxylic acids is 1. The Balaban J connectivity index is 2.36. The molecule has 16 heavy (non-hydrogen) atoms. The van der Waals surface area contributed by atoms with Crippen LogP contribution in [0, 0.1) is 0 Å². The summed E-state index contributed by atoms with van der Waals surface area (Å²) in [6.45, 7) is 9.74. The lowest BCUT2D eigenvalue weighted by Gasteiger charge is -2.33. The van der Waals surface area contributed by atoms with Gasteiger partial charge in [0, 0.05) is 5.57 Å². The Morgan fingerprint density at radius 1 is 1.50 bits per heavy atom. The molecule has 92 valence electrons. The second kappa shape index (κ2) is 6.01. The van der Waals surface area contributed by atoms with Crippen LogP contribution in [0.5, 0.6) is 0 Å². The van der Waals surface area contributed by atoms with E-state index in [1.165, 1.54) is 0 Å². The van der Waals surface area contributed by atoms with E-state index < -0.39 is 0 Å². The zero-order valence-corrected chi connectivity index (χ0v) is 10.3. The van der Waals surface area contributed by atoms with E-state index in [4.69, 9.17) is 9.47 Å². The molecule has 1 N–H and O–H groups in total. The van der Waals surface area contributed by atoms with E-state index in [2.05, 4.69) is 18.8 Å². The zero-order valence-electron chi connectivity index (χ0n) is 10.3. The summed E-state index contributed by atoms with van der Waals surface area (Å²) in [5, 5.41) is 2.73. The van der Waals surface area contributed by atoms with E-state index in [1.54, 1.807) is 6.92 Å². The van der Waals surface area contributed by atoms with Gasteiger partial charge in [-0.25, -0.2) is 0 Å². The average molecular weight is 227 g/mol. The highest BCUT2D eigenvalue weighted by Crippen LogP contribution is 2.19. The van der Waals surface area contributed by atoms with Gasteiger partial charge in [-0.1, -0.05) is 13.5 Å². The van der Waals surface area contributed by atoms with Gasteiger partial charge in [-0.2, -0.15) is 0 Å². The van der Waals surface area contributed by atoms with Crippen molar-refractivity contribution in [3.63, 3.8) is 0 Å². The number of nitrogens with one attached hydrogen (secondary N) is 1. The molecule has 4 heteroatoms. The molecule has 0 bridgehead atoms. The first-order valence-electron chi connectivity index (χ1n) is 5.77. The van der Waals surface area contributed by atoms with Crippen LogP contribution in [-0.2, 0) is 14.3 Å². The van der Waals surface area contributed by atoms with Crippen molar-refractivity contribution in [3.8, 4) is 0 Å². The maximum Gasteiger partial charge on any atom is 0.246 e. The SMILES string of the molecule is C=C(C)C(=O)NCC1OC(C)CC(CC)O1. The lowest BCUT2D eigenvalue weighted by Crippen LogP contribution is -2.43. The molecule has 1 aliphatic rings. The smallest absolute Gasteiger partial charge is 0.246 e. The van der Waals surface area contributed by atoms with E-state index in [9.17, 15) is 4.79 Å². The molecule has 0 saturated carbocycles. The molecule has 0 aromatic carbocycles. The maximum atomic E-state index is 11.3. The fourth-order valence-corrected chi connectivity index (χ4v) is 1.67. The molecule has 0 aliphatic carbocycles. The molecule has 1 amide bonds. The lowest BCUT2D eigenvalue weighted by atomic mass is 10.1. The highest BCUT2D eigenvalue weighted by molar-refractivity contribution is 5.92. The predicted octanol–water partition coefficient (Wildman–Crippen LogP) is 1.61. The van der Waals surface area contributed by atoms with Gasteiger partial charge in [0.25, 0.3) is 0 Å². The third-order valence-corrected chi connectivity index (χ3v) is 2.60. The van der Waals surface area contributed by atoms with Gasteiger partial charge >= 0.3 is 0 Å². The highest BCUT2D eigenvalue weighted by Gasteiger charge is 2.26. The van der Waals surface area contributed by atoms with Crippen molar-refractivity contribution in [2.24, 2.45) is 0 Å². The Morgan fingerprint density at radius 2 is 2.19 bits per heavy atom. The fourth-order valence-electron chi connectivity index (χ4n) is 1.67. The van der Waals surface area contributed by atoms with E-state index in [0.717, 1.165) is 12.8 Å². The molecule has 3 unspecified atom stereocenters. The first-order chi connectivity index (χ1) is 7.52. The quantitative estimate of drug-likeness (QED) is 0.742. The summed E-state index contributed by atoms with van der Waals surface area (Å²) in [4.78, 5) is 11.3. The van der Waals surface area contributed by atoms with Gasteiger partial charge in [0.1, 0.15) is 0 Å².